The Morgan fingerprint density at radius 1 is 1.12 bits per heavy atom. The number of thiazole rings is 1. The van der Waals surface area contributed by atoms with Crippen molar-refractivity contribution in [2.24, 2.45) is 0 Å². The van der Waals surface area contributed by atoms with Gasteiger partial charge in [0.05, 0.1) is 16.2 Å². The number of benzene rings is 2. The monoisotopic (exact) mass is 452 g/mol. The highest BCUT2D eigenvalue weighted by atomic mass is 32.1. The van der Waals surface area contributed by atoms with Crippen LogP contribution in [-0.4, -0.2) is 20.8 Å². The molecule has 0 aliphatic heterocycles. The Labute approximate surface area is 184 Å². The Hall–Kier alpha value is -4.05. The smallest absolute Gasteiger partial charge is 0.269 e. The fourth-order valence-corrected chi connectivity index (χ4v) is 3.95. The number of fused-ring (bicyclic) bond motifs is 1. The molecule has 4 rings (SSSR count). The van der Waals surface area contributed by atoms with Crippen LogP contribution in [-0.2, 0) is 11.3 Å². The minimum Gasteiger partial charge on any atom is -0.280 e. The van der Waals surface area contributed by atoms with Crippen molar-refractivity contribution in [2.75, 3.05) is 4.90 Å². The third-order valence-corrected chi connectivity index (χ3v) is 5.54. The summed E-state index contributed by atoms with van der Waals surface area (Å²) in [5, 5.41) is 11.0. The second kappa shape index (κ2) is 8.98. The van der Waals surface area contributed by atoms with Gasteiger partial charge in [0.15, 0.2) is 10.9 Å². The minimum atomic E-state index is -0.805. The van der Waals surface area contributed by atoms with E-state index in [1.54, 1.807) is 24.5 Å². The summed E-state index contributed by atoms with van der Waals surface area (Å²) in [6.45, 7) is 0.135. The van der Waals surface area contributed by atoms with Crippen molar-refractivity contribution in [1.82, 2.24) is 9.97 Å². The number of nitro groups is 1. The van der Waals surface area contributed by atoms with Gasteiger partial charge in [0.2, 0.25) is 0 Å². The van der Waals surface area contributed by atoms with Crippen molar-refractivity contribution in [3.8, 4) is 0 Å². The number of hydrogen-bond acceptors (Lipinski definition) is 6. The van der Waals surface area contributed by atoms with Crippen molar-refractivity contribution in [3.05, 3.63) is 99.9 Å². The quantitative estimate of drug-likeness (QED) is 0.230. The van der Waals surface area contributed by atoms with Gasteiger partial charge in [0.1, 0.15) is 11.3 Å². The number of pyridine rings is 1. The molecule has 2 aromatic heterocycles. The Morgan fingerprint density at radius 2 is 1.84 bits per heavy atom. The molecule has 2 heterocycles. The number of nitrogens with zero attached hydrogens (tertiary/aromatic N) is 4. The summed E-state index contributed by atoms with van der Waals surface area (Å²) in [6.07, 6.45) is 5.97. The highest BCUT2D eigenvalue weighted by molar-refractivity contribution is 7.22. The van der Waals surface area contributed by atoms with Gasteiger partial charge in [-0.1, -0.05) is 11.3 Å². The third kappa shape index (κ3) is 4.65. The Morgan fingerprint density at radius 3 is 2.53 bits per heavy atom. The maximum absolute atomic E-state index is 14.1. The van der Waals surface area contributed by atoms with Crippen LogP contribution >= 0.6 is 11.3 Å². The van der Waals surface area contributed by atoms with Gasteiger partial charge in [-0.3, -0.25) is 24.8 Å². The van der Waals surface area contributed by atoms with Gasteiger partial charge >= 0.3 is 0 Å². The number of amides is 1. The first-order chi connectivity index (χ1) is 15.4. The molecular weight excluding hydrogens is 438 g/mol. The molecule has 0 bridgehead atoms. The van der Waals surface area contributed by atoms with Crippen LogP contribution in [0.5, 0.6) is 0 Å². The normalized spacial score (nSPS) is 11.2. The molecule has 0 fully saturated rings. The van der Waals surface area contributed by atoms with Gasteiger partial charge in [-0.05, 0) is 47.5 Å². The molecule has 0 aliphatic rings. The molecule has 0 N–H and O–H groups in total. The lowest BCUT2D eigenvalue weighted by molar-refractivity contribution is -0.384. The zero-order valence-electron chi connectivity index (χ0n) is 16.3. The summed E-state index contributed by atoms with van der Waals surface area (Å²) in [7, 11) is 0. The maximum atomic E-state index is 14.1. The number of aromatic nitrogens is 2. The fourth-order valence-electron chi connectivity index (χ4n) is 2.94. The van der Waals surface area contributed by atoms with Gasteiger partial charge in [0, 0.05) is 36.7 Å². The van der Waals surface area contributed by atoms with Crippen molar-refractivity contribution in [2.45, 2.75) is 6.54 Å². The summed E-state index contributed by atoms with van der Waals surface area (Å²) >= 11 is 0.998. The molecule has 0 aliphatic carbocycles. The van der Waals surface area contributed by atoms with Crippen LogP contribution in [0.4, 0.5) is 19.6 Å². The average Bonchev–Trinajstić information content (AvgIpc) is 3.21. The van der Waals surface area contributed by atoms with Crippen LogP contribution in [0.15, 0.2) is 67.0 Å². The van der Waals surface area contributed by atoms with E-state index in [0.717, 1.165) is 23.0 Å². The molecule has 1 amide bonds. The number of rotatable bonds is 6. The van der Waals surface area contributed by atoms with Crippen molar-refractivity contribution >= 4 is 44.4 Å². The molecule has 10 heteroatoms. The van der Waals surface area contributed by atoms with Crippen molar-refractivity contribution in [3.63, 3.8) is 0 Å². The number of carbonyl (C=O) groups excluding carboxylic acids is 1. The predicted molar refractivity (Wildman–Crippen MR) is 117 cm³/mol. The molecule has 0 spiro atoms. The summed E-state index contributed by atoms with van der Waals surface area (Å²) in [6, 6.07) is 11.1. The average molecular weight is 452 g/mol. The fraction of sp³-hybridized carbons (Fsp3) is 0.0455. The van der Waals surface area contributed by atoms with E-state index in [-0.39, 0.29) is 27.6 Å². The molecule has 0 atom stereocenters. The Balaban J connectivity index is 1.66. The van der Waals surface area contributed by atoms with Crippen LogP contribution in [0.25, 0.3) is 16.3 Å². The summed E-state index contributed by atoms with van der Waals surface area (Å²) in [5.74, 6) is -1.98. The number of hydrogen-bond donors (Lipinski definition) is 0. The Bertz CT molecular complexity index is 1320. The molecule has 4 aromatic rings. The van der Waals surface area contributed by atoms with Gasteiger partial charge in [-0.25, -0.2) is 13.8 Å². The van der Waals surface area contributed by atoms with E-state index in [1.165, 1.54) is 47.4 Å². The highest BCUT2D eigenvalue weighted by Gasteiger charge is 2.20. The lowest BCUT2D eigenvalue weighted by Crippen LogP contribution is -2.28. The first-order valence-corrected chi connectivity index (χ1v) is 10.1. The summed E-state index contributed by atoms with van der Waals surface area (Å²) in [4.78, 5) is 32.8. The van der Waals surface area contributed by atoms with Gasteiger partial charge < -0.3 is 0 Å². The maximum Gasteiger partial charge on any atom is 0.269 e. The van der Waals surface area contributed by atoms with E-state index in [2.05, 4.69) is 9.97 Å². The van der Waals surface area contributed by atoms with E-state index in [0.29, 0.717) is 5.56 Å². The van der Waals surface area contributed by atoms with E-state index in [4.69, 9.17) is 0 Å². The largest absolute Gasteiger partial charge is 0.280 e. The minimum absolute atomic E-state index is 0.0155. The van der Waals surface area contributed by atoms with Crippen LogP contribution in [0.2, 0.25) is 0 Å². The molecule has 7 nitrogen and oxygen atoms in total. The number of carbonyl (C=O) groups is 1. The van der Waals surface area contributed by atoms with Crippen LogP contribution < -0.4 is 4.90 Å². The molecule has 32 heavy (non-hydrogen) atoms. The first kappa shape index (κ1) is 21.2. The molecule has 2 aromatic carbocycles. The van der Waals surface area contributed by atoms with Crippen molar-refractivity contribution in [1.29, 1.82) is 0 Å². The third-order valence-electron chi connectivity index (χ3n) is 4.51. The summed E-state index contributed by atoms with van der Waals surface area (Å²) < 4.78 is 28.0. The summed E-state index contributed by atoms with van der Waals surface area (Å²) in [5.41, 5.74) is 1.28. The molecule has 0 radical (unpaired) electrons. The first-order valence-electron chi connectivity index (χ1n) is 9.29. The topological polar surface area (TPSA) is 89.2 Å². The molecular formula is C22H14F2N4O3S. The lowest BCUT2D eigenvalue weighted by Gasteiger charge is -2.18. The van der Waals surface area contributed by atoms with Crippen LogP contribution in [0.3, 0.4) is 0 Å². The number of anilines is 1. The van der Waals surface area contributed by atoms with Gasteiger partial charge in [-0.15, -0.1) is 0 Å². The zero-order valence-corrected chi connectivity index (χ0v) is 17.1. The standard InChI is InChI=1S/C22H14F2N4O3S/c23-16-11-18(24)21-19(12-16)32-22(26-21)27(13-15-7-9-25-10-8-15)20(29)6-3-14-1-4-17(5-2-14)28(30)31/h1-12H,13H2. The van der Waals surface area contributed by atoms with E-state index in [1.807, 2.05) is 0 Å². The number of nitro benzene ring substituents is 1. The van der Waals surface area contributed by atoms with Crippen LogP contribution in [0.1, 0.15) is 11.1 Å². The van der Waals surface area contributed by atoms with Crippen LogP contribution in [0, 0.1) is 21.7 Å². The number of halogens is 2. The molecule has 0 saturated heterocycles. The second-order valence-electron chi connectivity index (χ2n) is 6.69. The SMILES string of the molecule is O=C(C=Cc1ccc([N+](=O)[O-])cc1)N(Cc1ccncc1)c1nc2c(F)cc(F)cc2s1. The molecule has 0 unspecified atom stereocenters. The zero-order chi connectivity index (χ0) is 22.7. The van der Waals surface area contributed by atoms with E-state index >= 15 is 0 Å². The number of non-ortho nitro benzene ring substituents is 1. The van der Waals surface area contributed by atoms with Gasteiger partial charge in [-0.2, -0.15) is 0 Å². The Kier molecular flexibility index (Phi) is 5.95. The van der Waals surface area contributed by atoms with Gasteiger partial charge in [0.25, 0.3) is 11.6 Å². The molecule has 0 saturated carbocycles. The second-order valence-corrected chi connectivity index (χ2v) is 7.70. The lowest BCUT2D eigenvalue weighted by atomic mass is 10.2. The van der Waals surface area contributed by atoms with E-state index in [9.17, 15) is 23.7 Å². The highest BCUT2D eigenvalue weighted by Crippen LogP contribution is 2.32. The predicted octanol–water partition coefficient (Wildman–Crippen LogP) is 5.12. The van der Waals surface area contributed by atoms with Crippen molar-refractivity contribution < 1.29 is 18.5 Å². The molecule has 160 valence electrons. The van der Waals surface area contributed by atoms with E-state index < -0.39 is 22.5 Å².